The normalized spacial score (nSPS) is 10.3. The lowest BCUT2D eigenvalue weighted by Crippen LogP contribution is -2.41. The molecular formula is C18H14BrN3O2S2. The fourth-order valence-electron chi connectivity index (χ4n) is 2.09. The predicted molar refractivity (Wildman–Crippen MR) is 107 cm³/mol. The first-order chi connectivity index (χ1) is 12.6. The summed E-state index contributed by atoms with van der Waals surface area (Å²) in [5.74, 6) is -0.0609. The highest BCUT2D eigenvalue weighted by Gasteiger charge is 2.13. The zero-order valence-electron chi connectivity index (χ0n) is 13.4. The third-order valence-corrected chi connectivity index (χ3v) is 5.66. The number of benzene rings is 2. The smallest absolute Gasteiger partial charge is 0.267 e. The van der Waals surface area contributed by atoms with Gasteiger partial charge in [-0.3, -0.25) is 20.4 Å². The van der Waals surface area contributed by atoms with Crippen LogP contribution in [0.4, 0.5) is 0 Å². The summed E-state index contributed by atoms with van der Waals surface area (Å²) in [4.78, 5) is 29.6. The monoisotopic (exact) mass is 447 g/mol. The molecule has 0 saturated carbocycles. The Morgan fingerprint density at radius 3 is 2.50 bits per heavy atom. The van der Waals surface area contributed by atoms with Crippen LogP contribution < -0.4 is 10.9 Å². The maximum Gasteiger partial charge on any atom is 0.270 e. The molecule has 132 valence electrons. The van der Waals surface area contributed by atoms with Gasteiger partial charge in [-0.05, 0) is 36.4 Å². The summed E-state index contributed by atoms with van der Waals surface area (Å²) in [7, 11) is 0. The lowest BCUT2D eigenvalue weighted by atomic mass is 10.2. The molecule has 0 saturated heterocycles. The highest BCUT2D eigenvalue weighted by Crippen LogP contribution is 2.26. The zero-order valence-corrected chi connectivity index (χ0v) is 16.7. The van der Waals surface area contributed by atoms with Crippen molar-refractivity contribution >= 4 is 50.8 Å². The second-order valence-corrected chi connectivity index (χ2v) is 7.83. The van der Waals surface area contributed by atoms with Crippen molar-refractivity contribution in [3.05, 3.63) is 80.7 Å². The van der Waals surface area contributed by atoms with E-state index in [1.54, 1.807) is 53.2 Å². The van der Waals surface area contributed by atoms with Gasteiger partial charge >= 0.3 is 0 Å². The fourth-order valence-corrected chi connectivity index (χ4v) is 3.98. The van der Waals surface area contributed by atoms with Crippen LogP contribution in [0.3, 0.4) is 0 Å². The van der Waals surface area contributed by atoms with Crippen LogP contribution >= 0.6 is 39.0 Å². The summed E-state index contributed by atoms with van der Waals surface area (Å²) >= 11 is 6.39. The van der Waals surface area contributed by atoms with Gasteiger partial charge in [0.05, 0.1) is 16.8 Å². The number of aromatic nitrogens is 1. The molecule has 2 N–H and O–H groups in total. The molecule has 0 spiro atoms. The number of amides is 2. The van der Waals surface area contributed by atoms with Gasteiger partial charge in [-0.1, -0.05) is 28.1 Å². The largest absolute Gasteiger partial charge is 0.270 e. The number of carbonyl (C=O) groups is 2. The van der Waals surface area contributed by atoms with Crippen LogP contribution in [0, 0.1) is 0 Å². The molecule has 0 atom stereocenters. The number of halogens is 1. The van der Waals surface area contributed by atoms with Gasteiger partial charge in [0.15, 0.2) is 0 Å². The van der Waals surface area contributed by atoms with E-state index in [-0.39, 0.29) is 11.8 Å². The molecule has 0 radical (unpaired) electrons. The SMILES string of the molecule is O=C(NNC(=O)c1ccccc1SCc1cscn1)c1ccc(Br)cc1. The summed E-state index contributed by atoms with van der Waals surface area (Å²) in [6.45, 7) is 0. The average molecular weight is 448 g/mol. The number of hydrogen-bond acceptors (Lipinski definition) is 5. The molecule has 8 heteroatoms. The minimum absolute atomic E-state index is 0.364. The molecule has 3 rings (SSSR count). The molecular weight excluding hydrogens is 434 g/mol. The van der Waals surface area contributed by atoms with Crippen LogP contribution in [0.15, 0.2) is 68.8 Å². The highest BCUT2D eigenvalue weighted by atomic mass is 79.9. The summed E-state index contributed by atoms with van der Waals surface area (Å²) < 4.78 is 0.879. The molecule has 0 aliphatic carbocycles. The molecule has 0 aliphatic heterocycles. The second kappa shape index (κ2) is 8.98. The van der Waals surface area contributed by atoms with Gasteiger partial charge in [0, 0.05) is 26.1 Å². The molecule has 5 nitrogen and oxygen atoms in total. The average Bonchev–Trinajstić information content (AvgIpc) is 3.18. The van der Waals surface area contributed by atoms with Gasteiger partial charge in [0.25, 0.3) is 11.8 Å². The molecule has 1 heterocycles. The topological polar surface area (TPSA) is 71.1 Å². The minimum Gasteiger partial charge on any atom is -0.267 e. The van der Waals surface area contributed by atoms with Crippen molar-refractivity contribution in [2.75, 3.05) is 0 Å². The first-order valence-corrected chi connectivity index (χ1v) is 10.3. The Morgan fingerprint density at radius 1 is 1.04 bits per heavy atom. The number of carbonyl (C=O) groups excluding carboxylic acids is 2. The van der Waals surface area contributed by atoms with Crippen LogP contribution in [0.5, 0.6) is 0 Å². The standard InChI is InChI=1S/C18H14BrN3O2S2/c19-13-7-5-12(6-8-13)17(23)21-22-18(24)15-3-1-2-4-16(15)26-10-14-9-25-11-20-14/h1-9,11H,10H2,(H,21,23)(H,22,24). The first kappa shape index (κ1) is 18.6. The van der Waals surface area contributed by atoms with Crippen molar-refractivity contribution in [2.24, 2.45) is 0 Å². The van der Waals surface area contributed by atoms with Crippen LogP contribution in [0.25, 0.3) is 0 Å². The van der Waals surface area contributed by atoms with E-state index < -0.39 is 0 Å². The quantitative estimate of drug-likeness (QED) is 0.452. The summed E-state index contributed by atoms with van der Waals surface area (Å²) in [5, 5.41) is 1.98. The lowest BCUT2D eigenvalue weighted by Gasteiger charge is -2.10. The molecule has 26 heavy (non-hydrogen) atoms. The van der Waals surface area contributed by atoms with Gasteiger partial charge in [-0.2, -0.15) is 0 Å². The van der Waals surface area contributed by atoms with Gasteiger partial charge in [0.1, 0.15) is 0 Å². The Morgan fingerprint density at radius 2 is 1.77 bits per heavy atom. The van der Waals surface area contributed by atoms with E-state index in [1.807, 2.05) is 17.5 Å². The number of thiazole rings is 1. The van der Waals surface area contributed by atoms with Crippen molar-refractivity contribution < 1.29 is 9.59 Å². The molecule has 0 unspecified atom stereocenters. The number of nitrogens with zero attached hydrogens (tertiary/aromatic N) is 1. The Kier molecular flexibility index (Phi) is 6.43. The second-order valence-electron chi connectivity index (χ2n) is 5.18. The summed E-state index contributed by atoms with van der Waals surface area (Å²) in [6, 6.07) is 14.1. The van der Waals surface area contributed by atoms with E-state index in [1.165, 1.54) is 11.8 Å². The van der Waals surface area contributed by atoms with E-state index in [9.17, 15) is 9.59 Å². The van der Waals surface area contributed by atoms with Crippen molar-refractivity contribution in [1.29, 1.82) is 0 Å². The first-order valence-electron chi connectivity index (χ1n) is 7.58. The fraction of sp³-hybridized carbons (Fsp3) is 0.0556. The van der Waals surface area contributed by atoms with Crippen molar-refractivity contribution in [1.82, 2.24) is 15.8 Å². The Balaban J connectivity index is 1.62. The van der Waals surface area contributed by atoms with Crippen LogP contribution in [0.1, 0.15) is 26.4 Å². The summed E-state index contributed by atoms with van der Waals surface area (Å²) in [5.41, 5.74) is 8.62. The lowest BCUT2D eigenvalue weighted by molar-refractivity contribution is 0.0845. The van der Waals surface area contributed by atoms with E-state index in [4.69, 9.17) is 0 Å². The van der Waals surface area contributed by atoms with E-state index in [0.29, 0.717) is 16.9 Å². The third kappa shape index (κ3) is 4.94. The molecule has 2 aromatic carbocycles. The van der Waals surface area contributed by atoms with Gasteiger partial charge in [0.2, 0.25) is 0 Å². The number of hydrazine groups is 1. The molecule has 1 aromatic heterocycles. The van der Waals surface area contributed by atoms with E-state index >= 15 is 0 Å². The van der Waals surface area contributed by atoms with Crippen LogP contribution in [-0.4, -0.2) is 16.8 Å². The Bertz CT molecular complexity index is 899. The highest BCUT2D eigenvalue weighted by molar-refractivity contribution is 9.10. The number of hydrogen-bond donors (Lipinski definition) is 2. The summed E-state index contributed by atoms with van der Waals surface area (Å²) in [6.07, 6.45) is 0. The zero-order chi connectivity index (χ0) is 18.4. The Labute approximate surface area is 167 Å². The van der Waals surface area contributed by atoms with Crippen molar-refractivity contribution in [3.8, 4) is 0 Å². The molecule has 0 bridgehead atoms. The minimum atomic E-state index is -0.376. The predicted octanol–water partition coefficient (Wildman–Crippen LogP) is 4.27. The van der Waals surface area contributed by atoms with E-state index in [2.05, 4.69) is 31.8 Å². The number of nitrogens with one attached hydrogen (secondary N) is 2. The molecule has 2 amide bonds. The third-order valence-electron chi connectivity index (χ3n) is 3.39. The maximum atomic E-state index is 12.5. The van der Waals surface area contributed by atoms with Crippen LogP contribution in [0.2, 0.25) is 0 Å². The maximum absolute atomic E-state index is 12.5. The van der Waals surface area contributed by atoms with Crippen molar-refractivity contribution in [3.63, 3.8) is 0 Å². The van der Waals surface area contributed by atoms with Crippen molar-refractivity contribution in [2.45, 2.75) is 10.6 Å². The number of rotatable bonds is 5. The van der Waals surface area contributed by atoms with Crippen LogP contribution in [-0.2, 0) is 5.75 Å². The van der Waals surface area contributed by atoms with Gasteiger partial charge in [-0.25, -0.2) is 4.98 Å². The van der Waals surface area contributed by atoms with Gasteiger partial charge < -0.3 is 0 Å². The molecule has 0 fully saturated rings. The number of thioether (sulfide) groups is 1. The molecule has 0 aliphatic rings. The Hall–Kier alpha value is -2.16. The van der Waals surface area contributed by atoms with E-state index in [0.717, 1.165) is 15.1 Å². The molecule has 3 aromatic rings. The van der Waals surface area contributed by atoms with Gasteiger partial charge in [-0.15, -0.1) is 23.1 Å².